The number of hydrogen-bond donors (Lipinski definition) is 0. The minimum Gasteiger partial charge on any atom is -0.369 e. The van der Waals surface area contributed by atoms with Crippen molar-refractivity contribution in [1.29, 1.82) is 0 Å². The summed E-state index contributed by atoms with van der Waals surface area (Å²) in [5.74, 6) is 0.0894. The zero-order valence-electron chi connectivity index (χ0n) is 12.3. The van der Waals surface area contributed by atoms with Crippen molar-refractivity contribution in [2.24, 2.45) is 0 Å². The Hall–Kier alpha value is -2.13. The molecular weight excluding hydrogens is 260 g/mol. The quantitative estimate of drug-likeness (QED) is 0.808. The van der Waals surface area contributed by atoms with Crippen molar-refractivity contribution < 1.29 is 4.79 Å². The van der Waals surface area contributed by atoms with Crippen LogP contribution in [0, 0.1) is 0 Å². The van der Waals surface area contributed by atoms with E-state index in [1.165, 1.54) is 0 Å². The average molecular weight is 280 g/mol. The number of ketones is 1. The van der Waals surface area contributed by atoms with E-state index >= 15 is 0 Å². The Morgan fingerprint density at radius 2 is 1.52 bits per heavy atom. The van der Waals surface area contributed by atoms with Gasteiger partial charge in [0.15, 0.2) is 5.78 Å². The molecule has 0 N–H and O–H groups in total. The molecule has 1 saturated heterocycles. The van der Waals surface area contributed by atoms with Crippen LogP contribution in [0.5, 0.6) is 0 Å². The molecule has 21 heavy (non-hydrogen) atoms. The van der Waals surface area contributed by atoms with Crippen LogP contribution in [-0.4, -0.2) is 43.9 Å². The molecule has 1 fully saturated rings. The Balaban J connectivity index is 1.82. The SMILES string of the molecule is CN1CCN(c2cccc(C(=O)c3ccccc3)c2)CC1. The molecule has 0 radical (unpaired) electrons. The van der Waals surface area contributed by atoms with Crippen LogP contribution < -0.4 is 4.90 Å². The summed E-state index contributed by atoms with van der Waals surface area (Å²) in [4.78, 5) is 17.2. The van der Waals surface area contributed by atoms with Crippen molar-refractivity contribution in [3.63, 3.8) is 0 Å². The van der Waals surface area contributed by atoms with Crippen LogP contribution in [0.3, 0.4) is 0 Å². The van der Waals surface area contributed by atoms with E-state index < -0.39 is 0 Å². The minimum atomic E-state index is 0.0894. The summed E-state index contributed by atoms with van der Waals surface area (Å²) in [5.41, 5.74) is 2.65. The van der Waals surface area contributed by atoms with Crippen LogP contribution in [0.4, 0.5) is 5.69 Å². The predicted molar refractivity (Wildman–Crippen MR) is 86.0 cm³/mol. The van der Waals surface area contributed by atoms with Crippen molar-refractivity contribution in [2.45, 2.75) is 0 Å². The smallest absolute Gasteiger partial charge is 0.193 e. The average Bonchev–Trinajstić information content (AvgIpc) is 2.56. The molecule has 1 aliphatic heterocycles. The molecule has 0 aromatic heterocycles. The summed E-state index contributed by atoms with van der Waals surface area (Å²) in [6.45, 7) is 4.16. The van der Waals surface area contributed by atoms with Gasteiger partial charge in [-0.2, -0.15) is 0 Å². The molecule has 3 rings (SSSR count). The second-order valence-corrected chi connectivity index (χ2v) is 5.54. The van der Waals surface area contributed by atoms with Crippen molar-refractivity contribution in [3.8, 4) is 0 Å². The summed E-state index contributed by atoms with van der Waals surface area (Å²) in [6, 6.07) is 17.4. The number of rotatable bonds is 3. The molecule has 108 valence electrons. The third-order valence-corrected chi connectivity index (χ3v) is 4.01. The topological polar surface area (TPSA) is 23.6 Å². The van der Waals surface area contributed by atoms with Gasteiger partial charge >= 0.3 is 0 Å². The Morgan fingerprint density at radius 3 is 2.24 bits per heavy atom. The molecule has 2 aromatic carbocycles. The largest absolute Gasteiger partial charge is 0.369 e. The molecule has 1 aliphatic rings. The summed E-state index contributed by atoms with van der Waals surface area (Å²) in [5, 5.41) is 0. The number of nitrogens with zero attached hydrogens (tertiary/aromatic N) is 2. The van der Waals surface area contributed by atoms with E-state index in [2.05, 4.69) is 22.9 Å². The number of likely N-dealkylation sites (N-methyl/N-ethyl adjacent to an activating group) is 1. The molecule has 3 nitrogen and oxygen atoms in total. The fraction of sp³-hybridized carbons (Fsp3) is 0.278. The van der Waals surface area contributed by atoms with Crippen LogP contribution in [-0.2, 0) is 0 Å². The second kappa shape index (κ2) is 6.10. The molecule has 0 spiro atoms. The van der Waals surface area contributed by atoms with Crippen LogP contribution in [0.15, 0.2) is 54.6 Å². The fourth-order valence-corrected chi connectivity index (χ4v) is 2.66. The minimum absolute atomic E-state index is 0.0894. The summed E-state index contributed by atoms with van der Waals surface area (Å²) < 4.78 is 0. The lowest BCUT2D eigenvalue weighted by Gasteiger charge is -2.34. The predicted octanol–water partition coefficient (Wildman–Crippen LogP) is 2.67. The molecule has 0 aliphatic carbocycles. The highest BCUT2D eigenvalue weighted by Crippen LogP contribution is 2.19. The first-order valence-electron chi connectivity index (χ1n) is 7.37. The van der Waals surface area contributed by atoms with Gasteiger partial charge in [0.2, 0.25) is 0 Å². The molecule has 0 unspecified atom stereocenters. The number of piperazine rings is 1. The maximum atomic E-state index is 12.5. The van der Waals surface area contributed by atoms with Crippen LogP contribution in [0.2, 0.25) is 0 Å². The molecule has 3 heteroatoms. The molecule has 0 saturated carbocycles. The molecule has 0 atom stereocenters. The van der Waals surface area contributed by atoms with Crippen molar-refractivity contribution >= 4 is 11.5 Å². The first kappa shape index (κ1) is 13.8. The number of carbonyl (C=O) groups is 1. The van der Waals surface area contributed by atoms with E-state index in [0.717, 1.165) is 43.0 Å². The Kier molecular flexibility index (Phi) is 4.02. The normalized spacial score (nSPS) is 16.0. The monoisotopic (exact) mass is 280 g/mol. The van der Waals surface area contributed by atoms with E-state index in [4.69, 9.17) is 0 Å². The number of benzene rings is 2. The van der Waals surface area contributed by atoms with Gasteiger partial charge in [0.25, 0.3) is 0 Å². The van der Waals surface area contributed by atoms with E-state index in [0.29, 0.717) is 0 Å². The Labute approximate surface area is 125 Å². The molecular formula is C18H20N2O. The van der Waals surface area contributed by atoms with Gasteiger partial charge in [-0.05, 0) is 19.2 Å². The standard InChI is InChI=1S/C18H20N2O/c1-19-10-12-20(13-11-19)17-9-5-8-16(14-17)18(21)15-6-3-2-4-7-15/h2-9,14H,10-13H2,1H3. The highest BCUT2D eigenvalue weighted by Gasteiger charge is 2.16. The number of carbonyl (C=O) groups excluding carboxylic acids is 1. The summed E-state index contributed by atoms with van der Waals surface area (Å²) in [6.07, 6.45) is 0. The molecule has 1 heterocycles. The fourth-order valence-electron chi connectivity index (χ4n) is 2.66. The number of anilines is 1. The van der Waals surface area contributed by atoms with Gasteiger partial charge in [0.05, 0.1) is 0 Å². The highest BCUT2D eigenvalue weighted by atomic mass is 16.1. The van der Waals surface area contributed by atoms with E-state index in [9.17, 15) is 4.79 Å². The van der Waals surface area contributed by atoms with Crippen LogP contribution in [0.25, 0.3) is 0 Å². The van der Waals surface area contributed by atoms with Gasteiger partial charge in [-0.15, -0.1) is 0 Å². The zero-order chi connectivity index (χ0) is 14.7. The van der Waals surface area contributed by atoms with Crippen LogP contribution >= 0.6 is 0 Å². The van der Waals surface area contributed by atoms with Gasteiger partial charge in [0.1, 0.15) is 0 Å². The summed E-state index contributed by atoms with van der Waals surface area (Å²) in [7, 11) is 2.15. The zero-order valence-corrected chi connectivity index (χ0v) is 12.3. The van der Waals surface area contributed by atoms with Crippen molar-refractivity contribution in [1.82, 2.24) is 4.90 Å². The summed E-state index contributed by atoms with van der Waals surface area (Å²) >= 11 is 0. The maximum absolute atomic E-state index is 12.5. The lowest BCUT2D eigenvalue weighted by atomic mass is 10.0. The highest BCUT2D eigenvalue weighted by molar-refractivity contribution is 6.09. The first-order chi connectivity index (χ1) is 10.2. The molecule has 2 aromatic rings. The van der Waals surface area contributed by atoms with Gasteiger partial charge in [-0.3, -0.25) is 4.79 Å². The Morgan fingerprint density at radius 1 is 0.857 bits per heavy atom. The van der Waals surface area contributed by atoms with Gasteiger partial charge < -0.3 is 9.80 Å². The first-order valence-corrected chi connectivity index (χ1v) is 7.37. The number of hydrogen-bond acceptors (Lipinski definition) is 3. The third kappa shape index (κ3) is 3.14. The van der Waals surface area contributed by atoms with Gasteiger partial charge in [-0.25, -0.2) is 0 Å². The molecule has 0 bridgehead atoms. The molecule has 0 amide bonds. The lowest BCUT2D eigenvalue weighted by molar-refractivity contribution is 0.103. The maximum Gasteiger partial charge on any atom is 0.193 e. The van der Waals surface area contributed by atoms with Crippen molar-refractivity contribution in [3.05, 3.63) is 65.7 Å². The van der Waals surface area contributed by atoms with Gasteiger partial charge in [-0.1, -0.05) is 42.5 Å². The third-order valence-electron chi connectivity index (χ3n) is 4.01. The van der Waals surface area contributed by atoms with Gasteiger partial charge in [0, 0.05) is 43.0 Å². The lowest BCUT2D eigenvalue weighted by Crippen LogP contribution is -2.44. The van der Waals surface area contributed by atoms with E-state index in [1.54, 1.807) is 0 Å². The van der Waals surface area contributed by atoms with Crippen molar-refractivity contribution in [2.75, 3.05) is 38.1 Å². The van der Waals surface area contributed by atoms with E-state index in [1.807, 2.05) is 48.5 Å². The van der Waals surface area contributed by atoms with E-state index in [-0.39, 0.29) is 5.78 Å². The second-order valence-electron chi connectivity index (χ2n) is 5.54. The van der Waals surface area contributed by atoms with Crippen LogP contribution in [0.1, 0.15) is 15.9 Å². The Bertz CT molecular complexity index is 616.